The van der Waals surface area contributed by atoms with Crippen LogP contribution in [0, 0.1) is 18.3 Å². The highest BCUT2D eigenvalue weighted by Crippen LogP contribution is 2.27. The minimum atomic E-state index is -0.678. The number of nitriles is 1. The molecule has 1 aliphatic rings. The van der Waals surface area contributed by atoms with E-state index in [2.05, 4.69) is 11.4 Å². The fourth-order valence-corrected chi connectivity index (χ4v) is 3.17. The molecule has 0 heterocycles. The van der Waals surface area contributed by atoms with Crippen molar-refractivity contribution < 1.29 is 9.53 Å². The van der Waals surface area contributed by atoms with Gasteiger partial charge in [0.2, 0.25) is 5.91 Å². The fourth-order valence-electron chi connectivity index (χ4n) is 3.17. The van der Waals surface area contributed by atoms with Gasteiger partial charge in [0.25, 0.3) is 0 Å². The maximum absolute atomic E-state index is 12.5. The molecule has 5 nitrogen and oxygen atoms in total. The molecule has 1 N–H and O–H groups in total. The van der Waals surface area contributed by atoms with E-state index < -0.39 is 5.54 Å². The number of aryl methyl sites for hydroxylation is 1. The van der Waals surface area contributed by atoms with Gasteiger partial charge in [-0.15, -0.1) is 0 Å². The van der Waals surface area contributed by atoms with E-state index in [4.69, 9.17) is 4.74 Å². The lowest BCUT2D eigenvalue weighted by Gasteiger charge is -2.34. The number of benzene rings is 1. The standard InChI is InChI=1S/C20H29N3O2/c1-16-8-7-9-18(14-16)25-13-12-23(3)17(2)19(24)22-20(15-21)10-5-4-6-11-20/h7-9,14,17H,4-6,10-13H2,1-3H3,(H,22,24). The number of rotatable bonds is 7. The Kier molecular flexibility index (Phi) is 6.83. The molecule has 1 aliphatic carbocycles. The van der Waals surface area contributed by atoms with Crippen LogP contribution in [-0.2, 0) is 4.79 Å². The molecule has 1 aromatic carbocycles. The summed E-state index contributed by atoms with van der Waals surface area (Å²) in [5, 5.41) is 12.5. The molecule has 1 unspecified atom stereocenters. The third-order valence-corrected chi connectivity index (χ3v) is 5.03. The average molecular weight is 343 g/mol. The molecule has 0 aromatic heterocycles. The van der Waals surface area contributed by atoms with Gasteiger partial charge in [-0.3, -0.25) is 9.69 Å². The summed E-state index contributed by atoms with van der Waals surface area (Å²) in [6.07, 6.45) is 4.65. The minimum Gasteiger partial charge on any atom is -0.492 e. The van der Waals surface area contributed by atoms with Crippen molar-refractivity contribution in [1.29, 1.82) is 5.26 Å². The van der Waals surface area contributed by atoms with Gasteiger partial charge >= 0.3 is 0 Å². The number of hydrogen-bond acceptors (Lipinski definition) is 4. The fraction of sp³-hybridized carbons (Fsp3) is 0.600. The molecular weight excluding hydrogens is 314 g/mol. The van der Waals surface area contributed by atoms with Crippen molar-refractivity contribution in [3.63, 3.8) is 0 Å². The molecule has 1 saturated carbocycles. The number of nitrogens with zero attached hydrogens (tertiary/aromatic N) is 2. The van der Waals surface area contributed by atoms with Crippen LogP contribution in [0.25, 0.3) is 0 Å². The Morgan fingerprint density at radius 3 is 2.76 bits per heavy atom. The highest BCUT2D eigenvalue weighted by molar-refractivity contribution is 5.82. The zero-order chi connectivity index (χ0) is 18.3. The second kappa shape index (κ2) is 8.87. The molecule has 1 amide bonds. The molecule has 0 saturated heterocycles. The third-order valence-electron chi connectivity index (χ3n) is 5.03. The first-order valence-electron chi connectivity index (χ1n) is 9.09. The van der Waals surface area contributed by atoms with Gasteiger partial charge in [0.1, 0.15) is 17.9 Å². The molecule has 1 aromatic rings. The van der Waals surface area contributed by atoms with Crippen LogP contribution < -0.4 is 10.1 Å². The van der Waals surface area contributed by atoms with Gasteiger partial charge in [0.05, 0.1) is 12.1 Å². The second-order valence-corrected chi connectivity index (χ2v) is 7.07. The van der Waals surface area contributed by atoms with Gasteiger partial charge in [0.15, 0.2) is 0 Å². The smallest absolute Gasteiger partial charge is 0.238 e. The Morgan fingerprint density at radius 1 is 1.40 bits per heavy atom. The van der Waals surface area contributed by atoms with Gasteiger partial charge in [-0.05, 0) is 51.4 Å². The number of carbonyl (C=O) groups is 1. The number of amides is 1. The van der Waals surface area contributed by atoms with Crippen molar-refractivity contribution in [1.82, 2.24) is 10.2 Å². The van der Waals surface area contributed by atoms with Crippen molar-refractivity contribution in [2.75, 3.05) is 20.2 Å². The van der Waals surface area contributed by atoms with Crippen LogP contribution in [0.1, 0.15) is 44.6 Å². The van der Waals surface area contributed by atoms with Crippen molar-refractivity contribution >= 4 is 5.91 Å². The van der Waals surface area contributed by atoms with Crippen molar-refractivity contribution in [2.45, 2.75) is 57.5 Å². The summed E-state index contributed by atoms with van der Waals surface area (Å²) in [6, 6.07) is 9.97. The summed E-state index contributed by atoms with van der Waals surface area (Å²) in [5.74, 6) is 0.762. The topological polar surface area (TPSA) is 65.4 Å². The number of hydrogen-bond donors (Lipinski definition) is 1. The first kappa shape index (κ1) is 19.3. The Hall–Kier alpha value is -2.06. The lowest BCUT2D eigenvalue weighted by atomic mass is 9.82. The van der Waals surface area contributed by atoms with Crippen LogP contribution >= 0.6 is 0 Å². The molecule has 2 rings (SSSR count). The van der Waals surface area contributed by atoms with Gasteiger partial charge in [-0.25, -0.2) is 0 Å². The predicted octanol–water partition coefficient (Wildman–Crippen LogP) is 3.04. The normalized spacial score (nSPS) is 17.6. The zero-order valence-electron chi connectivity index (χ0n) is 15.5. The summed E-state index contributed by atoms with van der Waals surface area (Å²) >= 11 is 0. The molecule has 5 heteroatoms. The van der Waals surface area contributed by atoms with Crippen LogP contribution in [0.3, 0.4) is 0 Å². The first-order valence-corrected chi connectivity index (χ1v) is 9.09. The SMILES string of the molecule is Cc1cccc(OCCN(C)C(C)C(=O)NC2(C#N)CCCCC2)c1. The van der Waals surface area contributed by atoms with Crippen LogP contribution in [-0.4, -0.2) is 42.6 Å². The zero-order valence-corrected chi connectivity index (χ0v) is 15.5. The first-order chi connectivity index (χ1) is 12.0. The summed E-state index contributed by atoms with van der Waals surface area (Å²) in [5.41, 5.74) is 0.482. The van der Waals surface area contributed by atoms with E-state index in [1.54, 1.807) is 0 Å². The van der Waals surface area contributed by atoms with E-state index in [9.17, 15) is 10.1 Å². The molecule has 1 atom stereocenters. The summed E-state index contributed by atoms with van der Waals surface area (Å²) < 4.78 is 5.75. The van der Waals surface area contributed by atoms with E-state index in [0.29, 0.717) is 13.2 Å². The average Bonchev–Trinajstić information content (AvgIpc) is 2.61. The monoisotopic (exact) mass is 343 g/mol. The van der Waals surface area contributed by atoms with Crippen LogP contribution in [0.5, 0.6) is 5.75 Å². The Labute approximate surface area is 151 Å². The van der Waals surface area contributed by atoms with Crippen LogP contribution in [0.15, 0.2) is 24.3 Å². The Balaban J connectivity index is 1.81. The second-order valence-electron chi connectivity index (χ2n) is 7.07. The lowest BCUT2D eigenvalue weighted by Crippen LogP contribution is -2.54. The summed E-state index contributed by atoms with van der Waals surface area (Å²) in [7, 11) is 1.91. The van der Waals surface area contributed by atoms with Gasteiger partial charge < -0.3 is 10.1 Å². The summed E-state index contributed by atoms with van der Waals surface area (Å²) in [6.45, 7) is 5.06. The van der Waals surface area contributed by atoms with Crippen LogP contribution in [0.4, 0.5) is 0 Å². The van der Waals surface area contributed by atoms with Crippen LogP contribution in [0.2, 0.25) is 0 Å². The number of likely N-dealkylation sites (N-methyl/N-ethyl adjacent to an activating group) is 1. The largest absolute Gasteiger partial charge is 0.492 e. The number of carbonyl (C=O) groups excluding carboxylic acids is 1. The van der Waals surface area contributed by atoms with E-state index in [0.717, 1.165) is 43.4 Å². The Morgan fingerprint density at radius 2 is 2.12 bits per heavy atom. The van der Waals surface area contributed by atoms with E-state index in [1.807, 2.05) is 50.1 Å². The van der Waals surface area contributed by atoms with E-state index >= 15 is 0 Å². The molecule has 0 spiro atoms. The van der Waals surface area contributed by atoms with E-state index in [-0.39, 0.29) is 11.9 Å². The van der Waals surface area contributed by atoms with Gasteiger partial charge in [-0.1, -0.05) is 31.4 Å². The quantitative estimate of drug-likeness (QED) is 0.826. The molecule has 1 fully saturated rings. The molecule has 0 radical (unpaired) electrons. The molecule has 136 valence electrons. The molecular formula is C20H29N3O2. The third kappa shape index (κ3) is 5.47. The number of ether oxygens (including phenoxy) is 1. The predicted molar refractivity (Wildman–Crippen MR) is 98.3 cm³/mol. The highest BCUT2D eigenvalue weighted by Gasteiger charge is 2.35. The number of nitrogens with one attached hydrogen (secondary N) is 1. The van der Waals surface area contributed by atoms with Crippen molar-refractivity contribution in [3.05, 3.63) is 29.8 Å². The van der Waals surface area contributed by atoms with Gasteiger partial charge in [-0.2, -0.15) is 5.26 Å². The maximum atomic E-state index is 12.5. The Bertz CT molecular complexity index is 618. The lowest BCUT2D eigenvalue weighted by molar-refractivity contribution is -0.127. The molecule has 0 aliphatic heterocycles. The summed E-state index contributed by atoms with van der Waals surface area (Å²) in [4.78, 5) is 14.5. The molecule has 0 bridgehead atoms. The minimum absolute atomic E-state index is 0.0819. The molecule has 25 heavy (non-hydrogen) atoms. The maximum Gasteiger partial charge on any atom is 0.238 e. The van der Waals surface area contributed by atoms with E-state index in [1.165, 1.54) is 0 Å². The highest BCUT2D eigenvalue weighted by atomic mass is 16.5. The van der Waals surface area contributed by atoms with Crippen molar-refractivity contribution in [3.8, 4) is 11.8 Å². The van der Waals surface area contributed by atoms with Crippen molar-refractivity contribution in [2.24, 2.45) is 0 Å². The van der Waals surface area contributed by atoms with Gasteiger partial charge in [0, 0.05) is 6.54 Å².